The molecule has 0 saturated carbocycles. The van der Waals surface area contributed by atoms with Crippen molar-refractivity contribution in [2.75, 3.05) is 21.3 Å². The SMILES string of the molecule is CCc1nc2ccccc2c2nnc(-c3cc(OC)c(OC)c(OC)c3)n12. The van der Waals surface area contributed by atoms with Gasteiger partial charge in [-0.3, -0.25) is 4.40 Å². The highest BCUT2D eigenvalue weighted by atomic mass is 16.5. The number of hydrogen-bond acceptors (Lipinski definition) is 6. The molecule has 0 unspecified atom stereocenters. The minimum Gasteiger partial charge on any atom is -0.493 e. The van der Waals surface area contributed by atoms with Gasteiger partial charge in [-0.05, 0) is 24.3 Å². The van der Waals surface area contributed by atoms with Gasteiger partial charge in [-0.15, -0.1) is 10.2 Å². The highest BCUT2D eigenvalue weighted by molar-refractivity contribution is 5.92. The molecule has 0 N–H and O–H groups in total. The van der Waals surface area contributed by atoms with Crippen LogP contribution in [0.5, 0.6) is 17.2 Å². The van der Waals surface area contributed by atoms with E-state index < -0.39 is 0 Å². The lowest BCUT2D eigenvalue weighted by Gasteiger charge is -2.14. The fraction of sp³-hybridized carbons (Fsp3) is 0.250. The average Bonchev–Trinajstić information content (AvgIpc) is 3.17. The molecule has 0 spiro atoms. The van der Waals surface area contributed by atoms with Crippen LogP contribution >= 0.6 is 0 Å². The van der Waals surface area contributed by atoms with Crippen LogP contribution in [0.1, 0.15) is 12.7 Å². The van der Waals surface area contributed by atoms with E-state index in [1.54, 1.807) is 21.3 Å². The zero-order valence-corrected chi connectivity index (χ0v) is 15.7. The van der Waals surface area contributed by atoms with Crippen molar-refractivity contribution in [1.82, 2.24) is 19.6 Å². The van der Waals surface area contributed by atoms with Gasteiger partial charge in [-0.1, -0.05) is 19.1 Å². The van der Waals surface area contributed by atoms with Crippen LogP contribution in [0.4, 0.5) is 0 Å². The van der Waals surface area contributed by atoms with E-state index in [4.69, 9.17) is 19.2 Å². The Bertz CT molecular complexity index is 1110. The molecule has 0 radical (unpaired) electrons. The standard InChI is InChI=1S/C20H20N4O3/c1-5-17-21-14-9-7-6-8-13(14)20-23-22-19(24(17)20)12-10-15(25-2)18(27-4)16(11-12)26-3/h6-11H,5H2,1-4H3. The largest absolute Gasteiger partial charge is 0.493 e. The van der Waals surface area contributed by atoms with Gasteiger partial charge in [0.1, 0.15) is 5.82 Å². The second kappa shape index (κ2) is 6.75. The van der Waals surface area contributed by atoms with Crippen LogP contribution in [-0.2, 0) is 6.42 Å². The van der Waals surface area contributed by atoms with Crippen molar-refractivity contribution in [2.24, 2.45) is 0 Å². The molecule has 0 saturated heterocycles. The summed E-state index contributed by atoms with van der Waals surface area (Å²) < 4.78 is 18.4. The molecule has 27 heavy (non-hydrogen) atoms. The Kier molecular flexibility index (Phi) is 4.27. The van der Waals surface area contributed by atoms with E-state index >= 15 is 0 Å². The Balaban J connectivity index is 2.04. The van der Waals surface area contributed by atoms with Crippen LogP contribution in [0.25, 0.3) is 27.9 Å². The summed E-state index contributed by atoms with van der Waals surface area (Å²) in [5.74, 6) is 3.24. The predicted molar refractivity (Wildman–Crippen MR) is 103 cm³/mol. The monoisotopic (exact) mass is 364 g/mol. The molecule has 138 valence electrons. The molecule has 4 aromatic rings. The highest BCUT2D eigenvalue weighted by Gasteiger charge is 2.19. The lowest BCUT2D eigenvalue weighted by molar-refractivity contribution is 0.324. The second-order valence-corrected chi connectivity index (χ2v) is 6.00. The predicted octanol–water partition coefficient (Wildman–Crippen LogP) is 3.53. The summed E-state index contributed by atoms with van der Waals surface area (Å²) in [7, 11) is 4.77. The van der Waals surface area contributed by atoms with Crippen LogP contribution in [-0.4, -0.2) is 40.9 Å². The Hall–Kier alpha value is -3.35. The number of hydrogen-bond donors (Lipinski definition) is 0. The maximum Gasteiger partial charge on any atom is 0.203 e. The maximum atomic E-state index is 5.48. The topological polar surface area (TPSA) is 70.8 Å². The van der Waals surface area contributed by atoms with Crippen molar-refractivity contribution in [2.45, 2.75) is 13.3 Å². The van der Waals surface area contributed by atoms with Crippen LogP contribution < -0.4 is 14.2 Å². The van der Waals surface area contributed by atoms with Gasteiger partial charge in [0.05, 0.1) is 26.8 Å². The van der Waals surface area contributed by atoms with Crippen molar-refractivity contribution in [3.05, 3.63) is 42.2 Å². The summed E-state index contributed by atoms with van der Waals surface area (Å²) in [6.07, 6.45) is 0.747. The summed E-state index contributed by atoms with van der Waals surface area (Å²) in [5, 5.41) is 9.86. The molecule has 7 heteroatoms. The highest BCUT2D eigenvalue weighted by Crippen LogP contribution is 2.41. The molecule has 2 aromatic heterocycles. The Morgan fingerprint density at radius 1 is 0.926 bits per heavy atom. The van der Waals surface area contributed by atoms with Crippen LogP contribution in [0.2, 0.25) is 0 Å². The quantitative estimate of drug-likeness (QED) is 0.539. The molecular weight excluding hydrogens is 344 g/mol. The summed E-state index contributed by atoms with van der Waals surface area (Å²) in [6.45, 7) is 2.06. The number of benzene rings is 2. The number of aryl methyl sites for hydroxylation is 1. The molecule has 0 atom stereocenters. The lowest BCUT2D eigenvalue weighted by atomic mass is 10.1. The molecule has 0 bridgehead atoms. The van der Waals surface area contributed by atoms with E-state index in [9.17, 15) is 0 Å². The molecule has 0 fully saturated rings. The normalized spacial score (nSPS) is 11.1. The van der Waals surface area contributed by atoms with Gasteiger partial charge in [-0.25, -0.2) is 4.98 Å². The fourth-order valence-electron chi connectivity index (χ4n) is 3.29. The average molecular weight is 364 g/mol. The van der Waals surface area contributed by atoms with Crippen molar-refractivity contribution >= 4 is 16.6 Å². The molecule has 4 rings (SSSR count). The molecule has 2 aromatic carbocycles. The zero-order chi connectivity index (χ0) is 19.0. The summed E-state index contributed by atoms with van der Waals surface area (Å²) >= 11 is 0. The fourth-order valence-corrected chi connectivity index (χ4v) is 3.29. The van der Waals surface area contributed by atoms with Crippen LogP contribution in [0.15, 0.2) is 36.4 Å². The zero-order valence-electron chi connectivity index (χ0n) is 15.7. The first-order chi connectivity index (χ1) is 13.2. The third-order valence-corrected chi connectivity index (χ3v) is 4.55. The van der Waals surface area contributed by atoms with Crippen LogP contribution in [0.3, 0.4) is 0 Å². The van der Waals surface area contributed by atoms with Crippen molar-refractivity contribution < 1.29 is 14.2 Å². The molecule has 0 amide bonds. The Morgan fingerprint density at radius 3 is 2.26 bits per heavy atom. The summed E-state index contributed by atoms with van der Waals surface area (Å²) in [4.78, 5) is 4.79. The number of nitrogens with zero attached hydrogens (tertiary/aromatic N) is 4. The third-order valence-electron chi connectivity index (χ3n) is 4.55. The van der Waals surface area contributed by atoms with E-state index in [-0.39, 0.29) is 0 Å². The van der Waals surface area contributed by atoms with Gasteiger partial charge in [-0.2, -0.15) is 0 Å². The first-order valence-electron chi connectivity index (χ1n) is 8.65. The molecule has 7 nitrogen and oxygen atoms in total. The Morgan fingerprint density at radius 2 is 1.63 bits per heavy atom. The van der Waals surface area contributed by atoms with Gasteiger partial charge in [0.25, 0.3) is 0 Å². The second-order valence-electron chi connectivity index (χ2n) is 6.00. The first kappa shape index (κ1) is 17.1. The van der Waals surface area contributed by atoms with E-state index in [1.807, 2.05) is 40.8 Å². The molecule has 0 aliphatic carbocycles. The van der Waals surface area contributed by atoms with Crippen molar-refractivity contribution in [3.63, 3.8) is 0 Å². The number of para-hydroxylation sites is 1. The van der Waals surface area contributed by atoms with Gasteiger partial charge < -0.3 is 14.2 Å². The Labute approximate surface area is 156 Å². The molecule has 0 aliphatic heterocycles. The minimum absolute atomic E-state index is 0.539. The van der Waals surface area contributed by atoms with Gasteiger partial charge in [0.2, 0.25) is 5.75 Å². The minimum atomic E-state index is 0.539. The summed E-state index contributed by atoms with van der Waals surface area (Å²) in [6, 6.07) is 11.7. The maximum absolute atomic E-state index is 5.48. The van der Waals surface area contributed by atoms with Gasteiger partial charge in [0.15, 0.2) is 23.0 Å². The van der Waals surface area contributed by atoms with E-state index in [0.29, 0.717) is 23.1 Å². The number of rotatable bonds is 5. The van der Waals surface area contributed by atoms with Gasteiger partial charge in [0, 0.05) is 17.4 Å². The number of fused-ring (bicyclic) bond motifs is 3. The van der Waals surface area contributed by atoms with E-state index in [2.05, 4.69) is 17.1 Å². The molecular formula is C20H20N4O3. The number of methoxy groups -OCH3 is 3. The van der Waals surface area contributed by atoms with E-state index in [1.165, 1.54) is 0 Å². The lowest BCUT2D eigenvalue weighted by Crippen LogP contribution is -2.03. The number of ether oxygens (including phenoxy) is 3. The van der Waals surface area contributed by atoms with Crippen LogP contribution in [0, 0.1) is 0 Å². The molecule has 2 heterocycles. The van der Waals surface area contributed by atoms with Crippen molar-refractivity contribution in [1.29, 1.82) is 0 Å². The van der Waals surface area contributed by atoms with Gasteiger partial charge >= 0.3 is 0 Å². The number of aromatic nitrogens is 4. The third kappa shape index (κ3) is 2.63. The summed E-state index contributed by atoms with van der Waals surface area (Å²) in [5.41, 5.74) is 2.50. The molecule has 0 aliphatic rings. The smallest absolute Gasteiger partial charge is 0.203 e. The van der Waals surface area contributed by atoms with Crippen molar-refractivity contribution in [3.8, 4) is 28.6 Å². The van der Waals surface area contributed by atoms with E-state index in [0.717, 1.165) is 34.4 Å². The first-order valence-corrected chi connectivity index (χ1v) is 8.65.